The van der Waals surface area contributed by atoms with E-state index in [1.54, 1.807) is 43.3 Å². The van der Waals surface area contributed by atoms with Gasteiger partial charge in [-0.25, -0.2) is 8.42 Å². The summed E-state index contributed by atoms with van der Waals surface area (Å²) in [6.07, 6.45) is 0. The van der Waals surface area contributed by atoms with Crippen molar-refractivity contribution in [2.45, 2.75) is 10.9 Å². The van der Waals surface area contributed by atoms with E-state index >= 15 is 0 Å². The molecule has 1 aliphatic rings. The molecule has 0 aliphatic carbocycles. The fraction of sp³-hybridized carbons (Fsp3) is 0.182. The summed E-state index contributed by atoms with van der Waals surface area (Å²) in [5, 5.41) is 1.81. The van der Waals surface area contributed by atoms with E-state index in [2.05, 4.69) is 0 Å². The molecule has 0 spiro atoms. The fourth-order valence-corrected chi connectivity index (χ4v) is 5.09. The molecule has 0 N–H and O–H groups in total. The molecule has 0 aromatic heterocycles. The summed E-state index contributed by atoms with van der Waals surface area (Å²) in [5.41, 5.74) is 1.01. The average Bonchev–Trinajstić information content (AvgIpc) is 2.71. The van der Waals surface area contributed by atoms with Gasteiger partial charge in [0.05, 0.1) is 4.90 Å². The summed E-state index contributed by atoms with van der Waals surface area (Å²) in [6.45, 7) is 0. The van der Waals surface area contributed by atoms with Crippen LogP contribution in [-0.2, 0) is 10.0 Å². The van der Waals surface area contributed by atoms with Crippen molar-refractivity contribution < 1.29 is 18.0 Å². The number of anilines is 1. The fourth-order valence-electron chi connectivity index (χ4n) is 3.60. The number of ketones is 2. The standard InChI is InChI=1S/C22H20N2O4S/c1-23(2)17-10-11-18-19(13-17)29(27,28)24(3)20(22(18)26)21(25)16-9-8-14-6-4-5-7-15(14)12-16/h4-13,20H,1-3H3. The molecule has 0 fully saturated rings. The van der Waals surface area contributed by atoms with Crippen LogP contribution in [0.2, 0.25) is 0 Å². The van der Waals surface area contributed by atoms with Crippen LogP contribution < -0.4 is 4.90 Å². The molecule has 1 atom stereocenters. The number of likely N-dealkylation sites (N-methyl/N-ethyl adjacent to an activating group) is 1. The highest BCUT2D eigenvalue weighted by molar-refractivity contribution is 7.89. The number of Topliss-reactive ketones (excluding diaryl/α,β-unsaturated/α-hetero) is 2. The van der Waals surface area contributed by atoms with Crippen LogP contribution in [0.3, 0.4) is 0 Å². The zero-order valence-electron chi connectivity index (χ0n) is 16.3. The van der Waals surface area contributed by atoms with Gasteiger partial charge in [0.25, 0.3) is 0 Å². The lowest BCUT2D eigenvalue weighted by Crippen LogP contribution is -2.51. The Hall–Kier alpha value is -3.03. The molecular weight excluding hydrogens is 388 g/mol. The normalized spacial score (nSPS) is 18.4. The maximum atomic E-state index is 13.2. The lowest BCUT2D eigenvalue weighted by molar-refractivity contribution is 0.0784. The van der Waals surface area contributed by atoms with Crippen molar-refractivity contribution in [2.75, 3.05) is 26.0 Å². The molecular formula is C22H20N2O4S. The molecule has 6 nitrogen and oxygen atoms in total. The van der Waals surface area contributed by atoms with E-state index in [0.29, 0.717) is 11.3 Å². The van der Waals surface area contributed by atoms with Crippen molar-refractivity contribution in [3.05, 3.63) is 71.8 Å². The zero-order chi connectivity index (χ0) is 20.9. The van der Waals surface area contributed by atoms with Gasteiger partial charge in [-0.1, -0.05) is 36.4 Å². The summed E-state index contributed by atoms with van der Waals surface area (Å²) in [5.74, 6) is -1.05. The maximum absolute atomic E-state index is 13.2. The maximum Gasteiger partial charge on any atom is 0.244 e. The lowest BCUT2D eigenvalue weighted by Gasteiger charge is -2.31. The van der Waals surface area contributed by atoms with E-state index in [1.807, 2.05) is 24.3 Å². The van der Waals surface area contributed by atoms with Crippen molar-refractivity contribution in [3.8, 4) is 0 Å². The SMILES string of the molecule is CN(C)c1ccc2c(c1)S(=O)(=O)N(C)C(C(=O)c1ccc3ccccc3c1)C2=O. The topological polar surface area (TPSA) is 74.8 Å². The minimum Gasteiger partial charge on any atom is -0.378 e. The Morgan fingerprint density at radius 2 is 1.66 bits per heavy atom. The lowest BCUT2D eigenvalue weighted by atomic mass is 9.94. The predicted molar refractivity (Wildman–Crippen MR) is 112 cm³/mol. The third kappa shape index (κ3) is 3.03. The quantitative estimate of drug-likeness (QED) is 0.492. The van der Waals surface area contributed by atoms with Crippen LogP contribution in [-0.4, -0.2) is 51.5 Å². The number of carbonyl (C=O) groups is 2. The number of hydrogen-bond donors (Lipinski definition) is 0. The van der Waals surface area contributed by atoms with E-state index in [9.17, 15) is 18.0 Å². The Balaban J connectivity index is 1.82. The summed E-state index contributed by atoms with van der Waals surface area (Å²) >= 11 is 0. The molecule has 1 unspecified atom stereocenters. The number of nitrogens with zero attached hydrogens (tertiary/aromatic N) is 2. The van der Waals surface area contributed by atoms with Gasteiger partial charge in [0.15, 0.2) is 17.6 Å². The second-order valence-electron chi connectivity index (χ2n) is 7.29. The van der Waals surface area contributed by atoms with Gasteiger partial charge in [0.1, 0.15) is 0 Å². The molecule has 0 saturated heterocycles. The average molecular weight is 408 g/mol. The molecule has 0 radical (unpaired) electrons. The molecule has 1 aliphatic heterocycles. The Morgan fingerprint density at radius 1 is 0.966 bits per heavy atom. The molecule has 3 aromatic rings. The van der Waals surface area contributed by atoms with Crippen LogP contribution in [0.4, 0.5) is 5.69 Å². The molecule has 29 heavy (non-hydrogen) atoms. The van der Waals surface area contributed by atoms with E-state index in [4.69, 9.17) is 0 Å². The molecule has 148 valence electrons. The highest BCUT2D eigenvalue weighted by atomic mass is 32.2. The Bertz CT molecular complexity index is 1260. The number of fused-ring (bicyclic) bond motifs is 2. The van der Waals surface area contributed by atoms with Crippen LogP contribution in [0.15, 0.2) is 65.6 Å². The zero-order valence-corrected chi connectivity index (χ0v) is 17.1. The molecule has 0 amide bonds. The number of sulfonamides is 1. The molecule has 4 rings (SSSR count). The van der Waals surface area contributed by atoms with Gasteiger partial charge in [-0.2, -0.15) is 4.31 Å². The van der Waals surface area contributed by atoms with Crippen LogP contribution in [0.25, 0.3) is 10.8 Å². The predicted octanol–water partition coefficient (Wildman–Crippen LogP) is 2.97. The van der Waals surface area contributed by atoms with E-state index in [0.717, 1.165) is 15.1 Å². The molecule has 1 heterocycles. The third-order valence-electron chi connectivity index (χ3n) is 5.30. The minimum absolute atomic E-state index is 0.0489. The summed E-state index contributed by atoms with van der Waals surface area (Å²) in [7, 11) is 0.863. The summed E-state index contributed by atoms with van der Waals surface area (Å²) in [4.78, 5) is 28.0. The van der Waals surface area contributed by atoms with Crippen LogP contribution in [0, 0.1) is 0 Å². The van der Waals surface area contributed by atoms with Gasteiger partial charge in [-0.15, -0.1) is 0 Å². The van der Waals surface area contributed by atoms with Gasteiger partial charge in [-0.3, -0.25) is 9.59 Å². The van der Waals surface area contributed by atoms with Crippen LogP contribution in [0.1, 0.15) is 20.7 Å². The summed E-state index contributed by atoms with van der Waals surface area (Å²) < 4.78 is 27.1. The second-order valence-corrected chi connectivity index (χ2v) is 9.26. The number of hydrogen-bond acceptors (Lipinski definition) is 5. The van der Waals surface area contributed by atoms with Crippen molar-refractivity contribution in [3.63, 3.8) is 0 Å². The van der Waals surface area contributed by atoms with Gasteiger partial charge in [0, 0.05) is 38.0 Å². The molecule has 0 saturated carbocycles. The number of rotatable bonds is 3. The first kappa shape index (κ1) is 19.3. The van der Waals surface area contributed by atoms with E-state index < -0.39 is 27.6 Å². The first-order valence-electron chi connectivity index (χ1n) is 9.08. The Kier molecular flexibility index (Phi) is 4.52. The highest BCUT2D eigenvalue weighted by Gasteiger charge is 2.45. The number of carbonyl (C=O) groups excluding carboxylic acids is 2. The van der Waals surface area contributed by atoms with Crippen molar-refractivity contribution in [2.24, 2.45) is 0 Å². The van der Waals surface area contributed by atoms with Gasteiger partial charge in [-0.05, 0) is 35.0 Å². The Morgan fingerprint density at radius 3 is 2.34 bits per heavy atom. The highest BCUT2D eigenvalue weighted by Crippen LogP contribution is 2.33. The van der Waals surface area contributed by atoms with Crippen LogP contribution in [0.5, 0.6) is 0 Å². The third-order valence-corrected chi connectivity index (χ3v) is 7.16. The monoisotopic (exact) mass is 408 g/mol. The van der Waals surface area contributed by atoms with Gasteiger partial charge in [0.2, 0.25) is 10.0 Å². The number of benzene rings is 3. The molecule has 7 heteroatoms. The smallest absolute Gasteiger partial charge is 0.244 e. The van der Waals surface area contributed by atoms with Crippen LogP contribution >= 0.6 is 0 Å². The first-order valence-corrected chi connectivity index (χ1v) is 10.5. The van der Waals surface area contributed by atoms with E-state index in [-0.39, 0.29) is 10.5 Å². The first-order chi connectivity index (χ1) is 13.7. The van der Waals surface area contributed by atoms with Crippen molar-refractivity contribution in [1.29, 1.82) is 0 Å². The van der Waals surface area contributed by atoms with E-state index in [1.165, 1.54) is 19.2 Å². The minimum atomic E-state index is -3.99. The Labute approximate surface area is 169 Å². The second kappa shape index (κ2) is 6.79. The summed E-state index contributed by atoms with van der Waals surface area (Å²) in [6, 6.07) is 15.9. The van der Waals surface area contributed by atoms with Crippen molar-refractivity contribution in [1.82, 2.24) is 4.31 Å². The molecule has 3 aromatic carbocycles. The van der Waals surface area contributed by atoms with Crippen molar-refractivity contribution >= 4 is 38.0 Å². The van der Waals surface area contributed by atoms with Gasteiger partial charge >= 0.3 is 0 Å². The largest absolute Gasteiger partial charge is 0.378 e. The van der Waals surface area contributed by atoms with Gasteiger partial charge < -0.3 is 4.90 Å². The molecule has 0 bridgehead atoms.